The number of benzene rings is 1. The average molecular weight is 275 g/mol. The van der Waals surface area contributed by atoms with Crippen molar-refractivity contribution in [3.63, 3.8) is 0 Å². The van der Waals surface area contributed by atoms with E-state index in [4.69, 9.17) is 13.9 Å². The third kappa shape index (κ3) is 4.03. The van der Waals surface area contributed by atoms with E-state index in [0.29, 0.717) is 13.2 Å². The quantitative estimate of drug-likeness (QED) is 0.752. The molecule has 20 heavy (non-hydrogen) atoms. The Labute approximate surface area is 119 Å². The van der Waals surface area contributed by atoms with Crippen LogP contribution < -0.4 is 14.8 Å². The first-order valence-corrected chi connectivity index (χ1v) is 6.86. The van der Waals surface area contributed by atoms with Gasteiger partial charge >= 0.3 is 0 Å². The molecule has 0 saturated heterocycles. The molecule has 0 amide bonds. The summed E-state index contributed by atoms with van der Waals surface area (Å²) in [5, 5.41) is 3.26. The van der Waals surface area contributed by atoms with Gasteiger partial charge < -0.3 is 19.2 Å². The van der Waals surface area contributed by atoms with Crippen molar-refractivity contribution in [3.05, 3.63) is 47.9 Å². The number of hydrogen-bond acceptors (Lipinski definition) is 4. The molecule has 2 rings (SSSR count). The van der Waals surface area contributed by atoms with Gasteiger partial charge in [-0.2, -0.15) is 0 Å². The van der Waals surface area contributed by atoms with Crippen molar-refractivity contribution in [2.75, 3.05) is 20.3 Å². The molecule has 0 spiro atoms. The summed E-state index contributed by atoms with van der Waals surface area (Å²) in [7, 11) is 1.66. The van der Waals surface area contributed by atoms with Gasteiger partial charge in [0.15, 0.2) is 11.5 Å². The number of hydrogen-bond donors (Lipinski definition) is 1. The lowest BCUT2D eigenvalue weighted by Crippen LogP contribution is -2.20. The molecule has 4 nitrogen and oxygen atoms in total. The minimum absolute atomic E-state index is 0.586. The van der Waals surface area contributed by atoms with Gasteiger partial charge in [0.1, 0.15) is 12.4 Å². The highest BCUT2D eigenvalue weighted by Gasteiger charge is 2.05. The number of furan rings is 1. The first-order chi connectivity index (χ1) is 9.83. The normalized spacial score (nSPS) is 10.5. The molecule has 0 saturated carbocycles. The second kappa shape index (κ2) is 7.60. The third-order valence-electron chi connectivity index (χ3n) is 3.05. The Balaban J connectivity index is 1.76. The fourth-order valence-electron chi connectivity index (χ4n) is 1.91. The van der Waals surface area contributed by atoms with Crippen molar-refractivity contribution in [1.29, 1.82) is 0 Å². The molecule has 0 fully saturated rings. The molecule has 0 aliphatic carbocycles. The van der Waals surface area contributed by atoms with Gasteiger partial charge in [-0.1, -0.05) is 13.0 Å². The molecule has 4 heteroatoms. The molecule has 1 aromatic heterocycles. The number of methoxy groups -OCH3 is 1. The van der Waals surface area contributed by atoms with E-state index in [9.17, 15) is 0 Å². The maximum atomic E-state index is 5.73. The Morgan fingerprint density at radius 3 is 2.80 bits per heavy atom. The van der Waals surface area contributed by atoms with Crippen molar-refractivity contribution in [3.8, 4) is 11.5 Å². The van der Waals surface area contributed by atoms with Crippen LogP contribution in [-0.4, -0.2) is 20.3 Å². The van der Waals surface area contributed by atoms with Crippen LogP contribution in [-0.2, 0) is 13.0 Å². The summed E-state index contributed by atoms with van der Waals surface area (Å²) in [6.07, 6.45) is 2.66. The standard InChI is InChI=1S/C16H21NO3/c1-3-13-6-7-15(16(11-13)18-2)20-10-8-17-12-14-5-4-9-19-14/h4-7,9,11,17H,3,8,10,12H2,1-2H3. The van der Waals surface area contributed by atoms with E-state index in [0.717, 1.165) is 30.2 Å². The van der Waals surface area contributed by atoms with Crippen molar-refractivity contribution in [1.82, 2.24) is 5.32 Å². The maximum Gasteiger partial charge on any atom is 0.161 e. The third-order valence-corrected chi connectivity index (χ3v) is 3.05. The fourth-order valence-corrected chi connectivity index (χ4v) is 1.91. The lowest BCUT2D eigenvalue weighted by Gasteiger charge is -2.12. The molecule has 1 aromatic carbocycles. The second-order valence-corrected chi connectivity index (χ2v) is 4.44. The Kier molecular flexibility index (Phi) is 5.50. The van der Waals surface area contributed by atoms with Crippen molar-refractivity contribution < 1.29 is 13.9 Å². The second-order valence-electron chi connectivity index (χ2n) is 4.44. The zero-order chi connectivity index (χ0) is 14.2. The summed E-state index contributed by atoms with van der Waals surface area (Å²) in [6.45, 7) is 4.16. The van der Waals surface area contributed by atoms with Gasteiger partial charge in [-0.3, -0.25) is 0 Å². The summed E-state index contributed by atoms with van der Waals surface area (Å²) < 4.78 is 16.3. The van der Waals surface area contributed by atoms with Crippen molar-refractivity contribution >= 4 is 0 Å². The zero-order valence-corrected chi connectivity index (χ0v) is 12.0. The summed E-state index contributed by atoms with van der Waals surface area (Å²) in [4.78, 5) is 0. The highest BCUT2D eigenvalue weighted by Crippen LogP contribution is 2.28. The van der Waals surface area contributed by atoms with E-state index in [1.807, 2.05) is 24.3 Å². The van der Waals surface area contributed by atoms with Crippen LogP contribution >= 0.6 is 0 Å². The molecule has 1 heterocycles. The molecule has 0 unspecified atom stereocenters. The first-order valence-electron chi connectivity index (χ1n) is 6.86. The fraction of sp³-hybridized carbons (Fsp3) is 0.375. The van der Waals surface area contributed by atoms with E-state index in [1.165, 1.54) is 5.56 Å². The highest BCUT2D eigenvalue weighted by atomic mass is 16.5. The number of ether oxygens (including phenoxy) is 2. The minimum Gasteiger partial charge on any atom is -0.493 e. The van der Waals surface area contributed by atoms with Gasteiger partial charge in [0.05, 0.1) is 19.9 Å². The Morgan fingerprint density at radius 2 is 2.10 bits per heavy atom. The molecule has 0 atom stereocenters. The van der Waals surface area contributed by atoms with Gasteiger partial charge in [0, 0.05) is 6.54 Å². The van der Waals surface area contributed by atoms with Crippen molar-refractivity contribution in [2.24, 2.45) is 0 Å². The van der Waals surface area contributed by atoms with Crippen molar-refractivity contribution in [2.45, 2.75) is 19.9 Å². The van der Waals surface area contributed by atoms with Crippen LogP contribution in [0.3, 0.4) is 0 Å². The van der Waals surface area contributed by atoms with Gasteiger partial charge in [0.25, 0.3) is 0 Å². The van der Waals surface area contributed by atoms with Gasteiger partial charge in [-0.25, -0.2) is 0 Å². The van der Waals surface area contributed by atoms with E-state index in [2.05, 4.69) is 18.3 Å². The Bertz CT molecular complexity index is 508. The van der Waals surface area contributed by atoms with Crippen LogP contribution in [0, 0.1) is 0 Å². The number of rotatable bonds is 8. The summed E-state index contributed by atoms with van der Waals surface area (Å²) in [5.41, 5.74) is 1.24. The van der Waals surface area contributed by atoms with Gasteiger partial charge in [-0.05, 0) is 36.2 Å². The van der Waals surface area contributed by atoms with Crippen LogP contribution in [0.15, 0.2) is 41.0 Å². The SMILES string of the molecule is CCc1ccc(OCCNCc2ccco2)c(OC)c1. The van der Waals surface area contributed by atoms with Gasteiger partial charge in [0.2, 0.25) is 0 Å². The number of aryl methyl sites for hydroxylation is 1. The van der Waals surface area contributed by atoms with E-state index >= 15 is 0 Å². The Hall–Kier alpha value is -1.94. The monoisotopic (exact) mass is 275 g/mol. The molecule has 0 aliphatic heterocycles. The zero-order valence-electron chi connectivity index (χ0n) is 12.0. The molecule has 0 radical (unpaired) electrons. The van der Waals surface area contributed by atoms with E-state index in [-0.39, 0.29) is 0 Å². The summed E-state index contributed by atoms with van der Waals surface area (Å²) in [6, 6.07) is 9.87. The molecule has 1 N–H and O–H groups in total. The number of nitrogens with one attached hydrogen (secondary N) is 1. The minimum atomic E-state index is 0.586. The Morgan fingerprint density at radius 1 is 1.20 bits per heavy atom. The smallest absolute Gasteiger partial charge is 0.161 e. The van der Waals surface area contributed by atoms with Gasteiger partial charge in [-0.15, -0.1) is 0 Å². The molecule has 0 bridgehead atoms. The summed E-state index contributed by atoms with van der Waals surface area (Å²) >= 11 is 0. The van der Waals surface area contributed by atoms with Crippen LogP contribution in [0.2, 0.25) is 0 Å². The predicted octanol–water partition coefficient (Wildman–Crippen LogP) is 3.02. The van der Waals surface area contributed by atoms with Crippen LogP contribution in [0.5, 0.6) is 11.5 Å². The van der Waals surface area contributed by atoms with Crippen LogP contribution in [0.4, 0.5) is 0 Å². The summed E-state index contributed by atoms with van der Waals surface area (Å²) in [5.74, 6) is 2.50. The largest absolute Gasteiger partial charge is 0.493 e. The van der Waals surface area contributed by atoms with E-state index in [1.54, 1.807) is 13.4 Å². The highest BCUT2D eigenvalue weighted by molar-refractivity contribution is 5.42. The lowest BCUT2D eigenvalue weighted by molar-refractivity contribution is 0.290. The predicted molar refractivity (Wildman–Crippen MR) is 78.3 cm³/mol. The molecule has 2 aromatic rings. The average Bonchev–Trinajstić information content (AvgIpc) is 3.00. The van der Waals surface area contributed by atoms with Crippen LogP contribution in [0.25, 0.3) is 0 Å². The maximum absolute atomic E-state index is 5.73. The topological polar surface area (TPSA) is 43.6 Å². The first kappa shape index (κ1) is 14.5. The molecular weight excluding hydrogens is 254 g/mol. The molecule has 0 aliphatic rings. The van der Waals surface area contributed by atoms with Crippen LogP contribution in [0.1, 0.15) is 18.2 Å². The lowest BCUT2D eigenvalue weighted by atomic mass is 10.1. The van der Waals surface area contributed by atoms with E-state index < -0.39 is 0 Å². The molecule has 108 valence electrons. The molecular formula is C16H21NO3.